The summed E-state index contributed by atoms with van der Waals surface area (Å²) in [5, 5.41) is 6.30. The molecule has 1 heterocycles. The molecule has 2 amide bonds. The lowest BCUT2D eigenvalue weighted by Crippen LogP contribution is -2.41. The van der Waals surface area contributed by atoms with Gasteiger partial charge in [0.15, 0.2) is 0 Å². The quantitative estimate of drug-likeness (QED) is 0.314. The molecule has 8 heteroatoms. The van der Waals surface area contributed by atoms with Crippen molar-refractivity contribution >= 4 is 33.3 Å². The molecular weight excluding hydrogens is 380 g/mol. The molecule has 0 bridgehead atoms. The highest BCUT2D eigenvalue weighted by Gasteiger charge is 2.14. The third-order valence-corrected chi connectivity index (χ3v) is 4.54. The molecule has 1 aromatic rings. The number of hydrogen-bond donors (Lipinski definition) is 2. The Balaban J connectivity index is 3.02. The fourth-order valence-corrected chi connectivity index (χ4v) is 2.99. The van der Waals surface area contributed by atoms with E-state index in [1.807, 2.05) is 19.2 Å². The molecule has 1 rings (SSSR count). The molecule has 0 fully saturated rings. The number of hydrazine groups is 1. The van der Waals surface area contributed by atoms with Crippen molar-refractivity contribution in [2.75, 3.05) is 13.7 Å². The van der Waals surface area contributed by atoms with E-state index in [9.17, 15) is 4.79 Å². The van der Waals surface area contributed by atoms with Crippen LogP contribution < -0.4 is 15.9 Å². The van der Waals surface area contributed by atoms with Crippen LogP contribution in [0, 0.1) is 0 Å². The normalized spacial score (nSPS) is 12.7. The summed E-state index contributed by atoms with van der Waals surface area (Å²) in [6.07, 6.45) is 3.67. The molecule has 0 radical (unpaired) electrons. The number of rotatable bonds is 7. The SMILES string of the molecule is CC/C=C(C)\C(COc1nc(Br)cs1)=C(/CC)NC(=O)N(C)N. The Hall–Kier alpha value is -1.38. The molecule has 23 heavy (non-hydrogen) atoms. The molecule has 0 atom stereocenters. The van der Waals surface area contributed by atoms with Crippen molar-refractivity contribution in [2.24, 2.45) is 5.84 Å². The zero-order chi connectivity index (χ0) is 17.4. The Kier molecular flexibility index (Phi) is 8.29. The lowest BCUT2D eigenvalue weighted by Gasteiger charge is -2.18. The van der Waals surface area contributed by atoms with Gasteiger partial charge in [0.2, 0.25) is 0 Å². The van der Waals surface area contributed by atoms with Crippen LogP contribution in [-0.4, -0.2) is 29.7 Å². The van der Waals surface area contributed by atoms with E-state index in [4.69, 9.17) is 10.6 Å². The van der Waals surface area contributed by atoms with Crippen molar-refractivity contribution in [3.63, 3.8) is 0 Å². The van der Waals surface area contributed by atoms with E-state index in [0.29, 0.717) is 18.2 Å². The van der Waals surface area contributed by atoms with Crippen LogP contribution >= 0.6 is 27.3 Å². The van der Waals surface area contributed by atoms with Gasteiger partial charge in [0.05, 0.1) is 0 Å². The predicted molar refractivity (Wildman–Crippen MR) is 97.2 cm³/mol. The monoisotopic (exact) mass is 402 g/mol. The van der Waals surface area contributed by atoms with Gasteiger partial charge in [0.1, 0.15) is 11.2 Å². The van der Waals surface area contributed by atoms with Gasteiger partial charge >= 0.3 is 6.03 Å². The number of ether oxygens (including phenoxy) is 1. The summed E-state index contributed by atoms with van der Waals surface area (Å²) in [6.45, 7) is 6.39. The van der Waals surface area contributed by atoms with Gasteiger partial charge in [-0.15, -0.1) is 0 Å². The maximum atomic E-state index is 11.9. The highest BCUT2D eigenvalue weighted by molar-refractivity contribution is 9.10. The van der Waals surface area contributed by atoms with Gasteiger partial charge in [0.25, 0.3) is 5.19 Å². The fourth-order valence-electron chi connectivity index (χ4n) is 1.90. The van der Waals surface area contributed by atoms with Crippen molar-refractivity contribution in [1.29, 1.82) is 0 Å². The zero-order valence-electron chi connectivity index (χ0n) is 13.9. The number of carbonyl (C=O) groups excluding carboxylic acids is 1. The number of allylic oxidation sites excluding steroid dienone is 2. The van der Waals surface area contributed by atoms with Crippen molar-refractivity contribution in [3.8, 4) is 5.19 Å². The van der Waals surface area contributed by atoms with Crippen LogP contribution in [0.15, 0.2) is 32.9 Å². The Morgan fingerprint density at radius 1 is 1.57 bits per heavy atom. The number of nitrogens with one attached hydrogen (secondary N) is 1. The van der Waals surface area contributed by atoms with Gasteiger partial charge < -0.3 is 10.1 Å². The maximum absolute atomic E-state index is 11.9. The first-order chi connectivity index (χ1) is 10.9. The topological polar surface area (TPSA) is 80.5 Å². The molecule has 0 saturated carbocycles. The van der Waals surface area contributed by atoms with Crippen LogP contribution in [0.4, 0.5) is 4.79 Å². The molecular formula is C15H23BrN4O2S. The molecule has 0 aliphatic rings. The summed E-state index contributed by atoms with van der Waals surface area (Å²) in [5.41, 5.74) is 2.81. The minimum absolute atomic E-state index is 0.333. The number of hydrogen-bond acceptors (Lipinski definition) is 5. The van der Waals surface area contributed by atoms with Gasteiger partial charge in [-0.3, -0.25) is 5.01 Å². The molecule has 1 aromatic heterocycles. The second-order valence-electron chi connectivity index (χ2n) is 4.87. The summed E-state index contributed by atoms with van der Waals surface area (Å²) >= 11 is 4.72. The fraction of sp³-hybridized carbons (Fsp3) is 0.467. The van der Waals surface area contributed by atoms with Crippen LogP contribution in [0.2, 0.25) is 0 Å². The van der Waals surface area contributed by atoms with E-state index in [0.717, 1.165) is 32.9 Å². The van der Waals surface area contributed by atoms with E-state index >= 15 is 0 Å². The first kappa shape index (κ1) is 19.7. The van der Waals surface area contributed by atoms with Gasteiger partial charge in [-0.25, -0.2) is 10.6 Å². The molecule has 0 unspecified atom stereocenters. The van der Waals surface area contributed by atoms with Crippen LogP contribution in [0.1, 0.15) is 33.6 Å². The lowest BCUT2D eigenvalue weighted by atomic mass is 10.0. The largest absolute Gasteiger partial charge is 0.465 e. The average Bonchev–Trinajstić information content (AvgIpc) is 2.91. The standard InChI is InChI=1S/C15H23BrN4O2S/c1-5-7-10(3)11(8-22-15-19-13(16)9-23-15)12(6-2)18-14(21)20(4)17/h7,9H,5-6,8,17H2,1-4H3,(H,18,21)/b10-7-,12-11+. The van der Waals surface area contributed by atoms with Crippen LogP contribution in [0.25, 0.3) is 0 Å². The van der Waals surface area contributed by atoms with Crippen molar-refractivity contribution in [1.82, 2.24) is 15.3 Å². The minimum atomic E-state index is -0.361. The van der Waals surface area contributed by atoms with Crippen LogP contribution in [0.5, 0.6) is 5.19 Å². The Morgan fingerprint density at radius 3 is 2.74 bits per heavy atom. The number of aromatic nitrogens is 1. The van der Waals surface area contributed by atoms with E-state index < -0.39 is 0 Å². The molecule has 0 aliphatic heterocycles. The average molecular weight is 403 g/mol. The first-order valence-corrected chi connectivity index (χ1v) is 8.98. The smallest absolute Gasteiger partial charge is 0.335 e. The van der Waals surface area contributed by atoms with E-state index in [2.05, 4.69) is 39.2 Å². The number of nitrogens with two attached hydrogens (primary N) is 1. The van der Waals surface area contributed by atoms with E-state index in [1.54, 1.807) is 0 Å². The summed E-state index contributed by atoms with van der Waals surface area (Å²) in [6, 6.07) is -0.361. The van der Waals surface area contributed by atoms with E-state index in [1.165, 1.54) is 18.4 Å². The molecule has 3 N–H and O–H groups in total. The number of carbonyl (C=O) groups is 1. The zero-order valence-corrected chi connectivity index (χ0v) is 16.3. The number of nitrogens with zero attached hydrogens (tertiary/aromatic N) is 2. The third kappa shape index (κ3) is 6.32. The second-order valence-corrected chi connectivity index (χ2v) is 6.51. The molecule has 0 aliphatic carbocycles. The van der Waals surface area contributed by atoms with Gasteiger partial charge in [-0.1, -0.05) is 31.3 Å². The Labute approximate surface area is 149 Å². The summed E-state index contributed by atoms with van der Waals surface area (Å²) in [7, 11) is 1.50. The summed E-state index contributed by atoms with van der Waals surface area (Å²) in [5.74, 6) is 5.48. The maximum Gasteiger partial charge on any atom is 0.335 e. The minimum Gasteiger partial charge on any atom is -0.465 e. The highest BCUT2D eigenvalue weighted by Crippen LogP contribution is 2.24. The first-order valence-electron chi connectivity index (χ1n) is 7.31. The van der Waals surface area contributed by atoms with Crippen molar-refractivity contribution < 1.29 is 9.53 Å². The summed E-state index contributed by atoms with van der Waals surface area (Å²) < 4.78 is 6.51. The Bertz CT molecular complexity index is 596. The molecule has 0 spiro atoms. The van der Waals surface area contributed by atoms with Crippen LogP contribution in [0.3, 0.4) is 0 Å². The second kappa shape index (κ2) is 9.69. The van der Waals surface area contributed by atoms with Crippen molar-refractivity contribution in [2.45, 2.75) is 33.6 Å². The number of thiazole rings is 1. The molecule has 128 valence electrons. The highest BCUT2D eigenvalue weighted by atomic mass is 79.9. The predicted octanol–water partition coefficient (Wildman–Crippen LogP) is 3.82. The van der Waals surface area contributed by atoms with Crippen LogP contribution in [-0.2, 0) is 0 Å². The van der Waals surface area contributed by atoms with Crippen molar-refractivity contribution in [3.05, 3.63) is 32.9 Å². The summed E-state index contributed by atoms with van der Waals surface area (Å²) in [4.78, 5) is 16.1. The molecule has 0 saturated heterocycles. The Morgan fingerprint density at radius 2 is 2.26 bits per heavy atom. The molecule has 6 nitrogen and oxygen atoms in total. The van der Waals surface area contributed by atoms with Gasteiger partial charge in [-0.2, -0.15) is 4.98 Å². The number of urea groups is 1. The van der Waals surface area contributed by atoms with E-state index in [-0.39, 0.29) is 6.03 Å². The molecule has 0 aromatic carbocycles. The van der Waals surface area contributed by atoms with Gasteiger partial charge in [0, 0.05) is 23.7 Å². The lowest BCUT2D eigenvalue weighted by molar-refractivity contribution is 0.212. The number of amides is 2. The van der Waals surface area contributed by atoms with Gasteiger partial charge in [-0.05, 0) is 41.3 Å². The third-order valence-electron chi connectivity index (χ3n) is 3.08. The number of halogens is 1.